The van der Waals surface area contributed by atoms with E-state index in [1.807, 2.05) is 54.6 Å². The predicted molar refractivity (Wildman–Crippen MR) is 72.6 cm³/mol. The summed E-state index contributed by atoms with van der Waals surface area (Å²) in [4.78, 5) is 9.95. The molecule has 2 aromatic rings. The van der Waals surface area contributed by atoms with E-state index in [4.69, 9.17) is 4.74 Å². The van der Waals surface area contributed by atoms with Gasteiger partial charge in [0.25, 0.3) is 0 Å². The van der Waals surface area contributed by atoms with Gasteiger partial charge in [0.2, 0.25) is 0 Å². The lowest BCUT2D eigenvalue weighted by molar-refractivity contribution is 0.281. The molecule has 0 N–H and O–H groups in total. The van der Waals surface area contributed by atoms with Crippen LogP contribution in [0.4, 0.5) is 0 Å². The molecule has 0 aromatic heterocycles. The van der Waals surface area contributed by atoms with Crippen LogP contribution in [0.25, 0.3) is 0 Å². The minimum absolute atomic E-state index is 0.339. The average molecular weight is 255 g/mol. The van der Waals surface area contributed by atoms with Crippen LogP contribution in [0.1, 0.15) is 11.1 Å². The largest absolute Gasteiger partial charge is 0.489 e. The number of benzene rings is 2. The topological polar surface area (TPSA) is 35.5 Å². The number of hydrogen-bond acceptors (Lipinski definition) is 3. The second kappa shape index (κ2) is 7.21. The molecule has 0 unspecified atom stereocenters. The van der Waals surface area contributed by atoms with Gasteiger partial charge in [-0.15, -0.1) is 0 Å². The highest BCUT2D eigenvalue weighted by molar-refractivity contribution is 5.38. The lowest BCUT2D eigenvalue weighted by atomic mass is 10.1. The Labute approximate surface area is 112 Å². The van der Waals surface area contributed by atoms with Crippen molar-refractivity contribution in [1.82, 2.24) is 0 Å². The van der Waals surface area contributed by atoms with Gasteiger partial charge in [0.05, 0.1) is 6.61 Å². The maximum absolute atomic E-state index is 9.95. The molecule has 0 aliphatic carbocycles. The maximum atomic E-state index is 9.95. The third-order valence-corrected chi connectivity index (χ3v) is 2.70. The summed E-state index contributed by atoms with van der Waals surface area (Å²) in [7, 11) is 0. The zero-order valence-electron chi connectivity index (χ0n) is 10.5. The third-order valence-electron chi connectivity index (χ3n) is 2.70. The molecular weight excluding hydrogens is 240 g/mol. The van der Waals surface area contributed by atoms with E-state index in [2.05, 4.69) is 4.74 Å². The van der Waals surface area contributed by atoms with Crippen LogP contribution in [0, 0.1) is 0 Å². The highest BCUT2D eigenvalue weighted by Crippen LogP contribution is 2.15. The summed E-state index contributed by atoms with van der Waals surface area (Å²) in [5, 5.41) is 0. The van der Waals surface area contributed by atoms with E-state index < -0.39 is 0 Å². The summed E-state index contributed by atoms with van der Waals surface area (Å²) in [6.45, 7) is 2.30. The van der Waals surface area contributed by atoms with E-state index in [9.17, 15) is 4.79 Å². The van der Waals surface area contributed by atoms with Gasteiger partial charge in [0, 0.05) is 6.42 Å². The smallest absolute Gasteiger partial charge is 0.417 e. The molecule has 0 fully saturated rings. The quantitative estimate of drug-likeness (QED) is 0.714. The second-order valence-corrected chi connectivity index (χ2v) is 4.10. The van der Waals surface area contributed by atoms with Gasteiger partial charge in [-0.2, -0.15) is 0 Å². The Morgan fingerprint density at radius 3 is 2.53 bits per heavy atom. The highest BCUT2D eigenvalue weighted by Gasteiger charge is 1.98. The Hall–Kier alpha value is -2.29. The van der Waals surface area contributed by atoms with E-state index in [1.54, 1.807) is 0 Å². The number of rotatable bonds is 7. The minimum atomic E-state index is 0.339. The summed E-state index contributed by atoms with van der Waals surface area (Å²) < 4.78 is 10.3. The van der Waals surface area contributed by atoms with Crippen molar-refractivity contribution < 1.29 is 14.3 Å². The van der Waals surface area contributed by atoms with Crippen molar-refractivity contribution in [2.75, 3.05) is 6.61 Å². The Kier molecular flexibility index (Phi) is 4.99. The van der Waals surface area contributed by atoms with Crippen molar-refractivity contribution >= 4 is 6.47 Å². The first-order valence-electron chi connectivity index (χ1n) is 6.13. The van der Waals surface area contributed by atoms with Crippen LogP contribution >= 0.6 is 0 Å². The van der Waals surface area contributed by atoms with Crippen molar-refractivity contribution in [3.8, 4) is 5.75 Å². The van der Waals surface area contributed by atoms with Gasteiger partial charge in [-0.1, -0.05) is 42.5 Å². The van der Waals surface area contributed by atoms with E-state index >= 15 is 0 Å². The number of ether oxygens (including phenoxy) is 2. The number of carbonyl (C=O) groups excluding carboxylic acids is 1. The van der Waals surface area contributed by atoms with Crippen LogP contribution in [0.3, 0.4) is 0 Å². The monoisotopic (exact) mass is 255 g/mol. The van der Waals surface area contributed by atoms with Crippen molar-refractivity contribution in [3.05, 3.63) is 65.7 Å². The van der Waals surface area contributed by atoms with Crippen molar-refractivity contribution in [1.29, 1.82) is 0 Å². The second-order valence-electron chi connectivity index (χ2n) is 4.10. The average Bonchev–Trinajstić information content (AvgIpc) is 2.47. The molecular formula is C16H15O3. The first-order chi connectivity index (χ1) is 9.38. The highest BCUT2D eigenvalue weighted by atomic mass is 16.5. The molecule has 19 heavy (non-hydrogen) atoms. The molecule has 0 amide bonds. The van der Waals surface area contributed by atoms with E-state index in [0.29, 0.717) is 19.6 Å². The predicted octanol–water partition coefficient (Wildman–Crippen LogP) is 2.89. The van der Waals surface area contributed by atoms with E-state index in [1.165, 1.54) is 6.47 Å². The van der Waals surface area contributed by atoms with Crippen molar-refractivity contribution in [2.45, 2.75) is 13.0 Å². The van der Waals surface area contributed by atoms with Gasteiger partial charge < -0.3 is 9.47 Å². The molecule has 97 valence electrons. The molecule has 0 bridgehead atoms. The molecule has 0 aliphatic heterocycles. The molecule has 0 spiro atoms. The minimum Gasteiger partial charge on any atom is -0.489 e. The first kappa shape index (κ1) is 13.1. The molecule has 0 aliphatic rings. The lowest BCUT2D eigenvalue weighted by Gasteiger charge is -2.08. The summed E-state index contributed by atoms with van der Waals surface area (Å²) in [6, 6.07) is 17.8. The molecule has 0 atom stereocenters. The molecule has 2 rings (SSSR count). The van der Waals surface area contributed by atoms with E-state index in [-0.39, 0.29) is 0 Å². The Balaban J connectivity index is 1.89. The van der Waals surface area contributed by atoms with Crippen LogP contribution in [-0.4, -0.2) is 13.1 Å². The third kappa shape index (κ3) is 4.47. The molecule has 0 heterocycles. The SMILES string of the molecule is O=[C]OCCc1cccc(OCc2ccccc2)c1. The molecule has 3 heteroatoms. The van der Waals surface area contributed by atoms with Gasteiger partial charge in [-0.3, -0.25) is 0 Å². The van der Waals surface area contributed by atoms with E-state index in [0.717, 1.165) is 16.9 Å². The summed E-state index contributed by atoms with van der Waals surface area (Å²) >= 11 is 0. The van der Waals surface area contributed by atoms with Gasteiger partial charge in [0.1, 0.15) is 12.4 Å². The molecule has 3 nitrogen and oxygen atoms in total. The molecule has 1 radical (unpaired) electrons. The van der Waals surface area contributed by atoms with Crippen molar-refractivity contribution in [2.24, 2.45) is 0 Å². The standard InChI is InChI=1S/C16H15O3/c17-13-18-10-9-14-7-4-8-16(11-14)19-12-15-5-2-1-3-6-15/h1-8,11H,9-10,12H2. The Bertz CT molecular complexity index is 508. The van der Waals surface area contributed by atoms with Gasteiger partial charge in [0.15, 0.2) is 0 Å². The fourth-order valence-electron chi connectivity index (χ4n) is 1.74. The molecule has 0 saturated carbocycles. The van der Waals surface area contributed by atoms with Gasteiger partial charge in [-0.05, 0) is 23.3 Å². The zero-order valence-corrected chi connectivity index (χ0v) is 10.5. The number of hydrogen-bond donors (Lipinski definition) is 0. The van der Waals surface area contributed by atoms with Crippen LogP contribution in [0.2, 0.25) is 0 Å². The lowest BCUT2D eigenvalue weighted by Crippen LogP contribution is -1.98. The van der Waals surface area contributed by atoms with Gasteiger partial charge in [-0.25, -0.2) is 4.79 Å². The summed E-state index contributed by atoms with van der Waals surface area (Å²) in [5.74, 6) is 0.816. The van der Waals surface area contributed by atoms with Crippen LogP contribution in [0.5, 0.6) is 5.75 Å². The molecule has 2 aromatic carbocycles. The normalized spacial score (nSPS) is 9.89. The zero-order chi connectivity index (χ0) is 13.3. The summed E-state index contributed by atoms with van der Waals surface area (Å²) in [6.07, 6.45) is 0.664. The fraction of sp³-hybridized carbons (Fsp3) is 0.188. The summed E-state index contributed by atoms with van der Waals surface area (Å²) in [5.41, 5.74) is 2.20. The Morgan fingerprint density at radius 1 is 0.947 bits per heavy atom. The first-order valence-corrected chi connectivity index (χ1v) is 6.13. The Morgan fingerprint density at radius 2 is 1.74 bits per heavy atom. The van der Waals surface area contributed by atoms with Gasteiger partial charge >= 0.3 is 6.47 Å². The molecule has 0 saturated heterocycles. The fourth-order valence-corrected chi connectivity index (χ4v) is 1.74. The van der Waals surface area contributed by atoms with Crippen LogP contribution in [-0.2, 0) is 22.6 Å². The maximum Gasteiger partial charge on any atom is 0.417 e. The van der Waals surface area contributed by atoms with Crippen molar-refractivity contribution in [3.63, 3.8) is 0 Å². The van der Waals surface area contributed by atoms with Crippen LogP contribution < -0.4 is 4.74 Å². The van der Waals surface area contributed by atoms with Crippen LogP contribution in [0.15, 0.2) is 54.6 Å².